The molecule has 1 aromatic carbocycles. The van der Waals surface area contributed by atoms with E-state index in [1.807, 2.05) is 36.2 Å². The summed E-state index contributed by atoms with van der Waals surface area (Å²) in [5.41, 5.74) is 3.01. The number of hydrogen-bond donors (Lipinski definition) is 1. The van der Waals surface area contributed by atoms with Gasteiger partial charge in [0.2, 0.25) is 0 Å². The van der Waals surface area contributed by atoms with Gasteiger partial charge in [0.05, 0.1) is 5.71 Å². The van der Waals surface area contributed by atoms with Crippen molar-refractivity contribution in [2.45, 2.75) is 20.3 Å². The summed E-state index contributed by atoms with van der Waals surface area (Å²) in [6.07, 6.45) is 0.862. The Labute approximate surface area is 133 Å². The van der Waals surface area contributed by atoms with E-state index in [4.69, 9.17) is 10.2 Å². The van der Waals surface area contributed by atoms with Gasteiger partial charge in [0, 0.05) is 32.1 Å². The van der Waals surface area contributed by atoms with Crippen LogP contribution in [-0.4, -0.2) is 61.2 Å². The van der Waals surface area contributed by atoms with Crippen molar-refractivity contribution in [3.8, 4) is 0 Å². The van der Waals surface area contributed by atoms with Gasteiger partial charge in [-0.05, 0) is 18.7 Å². The fraction of sp³-hybridized carbons (Fsp3) is 0.529. The molecule has 2 rings (SSSR count). The second-order valence-electron chi connectivity index (χ2n) is 5.50. The lowest BCUT2D eigenvalue weighted by atomic mass is 10.1. The van der Waals surface area contributed by atoms with Crippen LogP contribution in [0.2, 0.25) is 0 Å². The van der Waals surface area contributed by atoms with E-state index in [9.17, 15) is 0 Å². The summed E-state index contributed by atoms with van der Waals surface area (Å²) in [6, 6.07) is 8.03. The molecule has 5 heteroatoms. The minimum atomic E-state index is 0.559. The van der Waals surface area contributed by atoms with E-state index >= 15 is 0 Å². The van der Waals surface area contributed by atoms with Gasteiger partial charge in [0.15, 0.2) is 0 Å². The molecule has 22 heavy (non-hydrogen) atoms. The van der Waals surface area contributed by atoms with Crippen LogP contribution >= 0.6 is 0 Å². The lowest BCUT2D eigenvalue weighted by Gasteiger charge is -2.25. The maximum absolute atomic E-state index is 8.33. The molecule has 5 nitrogen and oxygen atoms in total. The number of nitrogens with zero attached hydrogens (tertiary/aromatic N) is 3. The van der Waals surface area contributed by atoms with Crippen LogP contribution in [0.4, 0.5) is 0 Å². The summed E-state index contributed by atoms with van der Waals surface area (Å²) in [4.78, 5) is 9.41. The molecular formula is C17H26N4O. The highest BCUT2D eigenvalue weighted by Gasteiger charge is 2.12. The fourth-order valence-corrected chi connectivity index (χ4v) is 2.49. The zero-order valence-corrected chi connectivity index (χ0v) is 13.8. The summed E-state index contributed by atoms with van der Waals surface area (Å²) in [5, 5.41) is 12.4. The molecule has 1 aromatic rings. The van der Waals surface area contributed by atoms with Gasteiger partial charge in [-0.3, -0.25) is 5.41 Å². The predicted molar refractivity (Wildman–Crippen MR) is 90.8 cm³/mol. The number of likely N-dealkylation sites (N-methyl/N-ethyl adjacent to an activating group) is 2. The monoisotopic (exact) mass is 302 g/mol. The molecule has 0 aliphatic carbocycles. The van der Waals surface area contributed by atoms with Crippen molar-refractivity contribution in [2.75, 3.05) is 39.8 Å². The molecule has 0 fully saturated rings. The maximum atomic E-state index is 8.33. The van der Waals surface area contributed by atoms with Crippen molar-refractivity contribution in [1.29, 1.82) is 5.41 Å². The standard InChI is InChI=1S/C17H26N4O/c1-4-21(5-2)12-11-20(3)17(18)15-8-6-14(7-9-15)16-10-13-22-19-16/h6-9,18H,4-5,10-13H2,1-3H3. The van der Waals surface area contributed by atoms with E-state index < -0.39 is 0 Å². The zero-order chi connectivity index (χ0) is 15.9. The van der Waals surface area contributed by atoms with Crippen molar-refractivity contribution >= 4 is 11.5 Å². The highest BCUT2D eigenvalue weighted by atomic mass is 16.6. The Balaban J connectivity index is 1.94. The third kappa shape index (κ3) is 4.07. The fourth-order valence-electron chi connectivity index (χ4n) is 2.49. The Bertz CT molecular complexity index is 520. The van der Waals surface area contributed by atoms with Crippen LogP contribution in [0.25, 0.3) is 0 Å². The molecule has 120 valence electrons. The van der Waals surface area contributed by atoms with Gasteiger partial charge in [-0.25, -0.2) is 0 Å². The first-order chi connectivity index (χ1) is 10.7. The molecule has 0 radical (unpaired) electrons. The Morgan fingerprint density at radius 1 is 1.18 bits per heavy atom. The first-order valence-corrected chi connectivity index (χ1v) is 7.97. The lowest BCUT2D eigenvalue weighted by Crippen LogP contribution is -2.36. The van der Waals surface area contributed by atoms with Gasteiger partial charge in [-0.15, -0.1) is 0 Å². The molecule has 0 saturated heterocycles. The average molecular weight is 302 g/mol. The number of amidine groups is 1. The highest BCUT2D eigenvalue weighted by molar-refractivity contribution is 6.02. The first-order valence-electron chi connectivity index (χ1n) is 7.97. The van der Waals surface area contributed by atoms with E-state index in [0.29, 0.717) is 12.4 Å². The average Bonchev–Trinajstić information content (AvgIpc) is 3.09. The minimum Gasteiger partial charge on any atom is -0.395 e. The second kappa shape index (κ2) is 7.94. The van der Waals surface area contributed by atoms with E-state index in [1.165, 1.54) is 0 Å². The molecule has 1 N–H and O–H groups in total. The topological polar surface area (TPSA) is 51.9 Å². The summed E-state index contributed by atoms with van der Waals surface area (Å²) in [6.45, 7) is 8.96. The van der Waals surface area contributed by atoms with Crippen molar-refractivity contribution in [3.05, 3.63) is 35.4 Å². The van der Waals surface area contributed by atoms with E-state index in [0.717, 1.165) is 49.4 Å². The minimum absolute atomic E-state index is 0.559. The molecule has 0 aromatic heterocycles. The molecule has 0 spiro atoms. The summed E-state index contributed by atoms with van der Waals surface area (Å²) in [5.74, 6) is 0.559. The van der Waals surface area contributed by atoms with Crippen molar-refractivity contribution in [1.82, 2.24) is 9.80 Å². The number of oxime groups is 1. The Hall–Kier alpha value is -1.88. The van der Waals surface area contributed by atoms with E-state index in [-0.39, 0.29) is 0 Å². The number of benzene rings is 1. The zero-order valence-electron chi connectivity index (χ0n) is 13.8. The van der Waals surface area contributed by atoms with Gasteiger partial charge >= 0.3 is 0 Å². The Morgan fingerprint density at radius 3 is 2.41 bits per heavy atom. The molecule has 0 bridgehead atoms. The molecule has 0 atom stereocenters. The van der Waals surface area contributed by atoms with Crippen LogP contribution in [0.5, 0.6) is 0 Å². The number of rotatable bonds is 7. The quantitative estimate of drug-likeness (QED) is 0.621. The SMILES string of the molecule is CCN(CC)CCN(C)C(=N)c1ccc(C2=NOCC2)cc1. The largest absolute Gasteiger partial charge is 0.395 e. The lowest BCUT2D eigenvalue weighted by molar-refractivity contribution is 0.174. The summed E-state index contributed by atoms with van der Waals surface area (Å²) >= 11 is 0. The van der Waals surface area contributed by atoms with Gasteiger partial charge in [0.25, 0.3) is 0 Å². The molecule has 1 aliphatic rings. The molecule has 0 saturated carbocycles. The molecule has 1 heterocycles. The molecule has 0 amide bonds. The van der Waals surface area contributed by atoms with E-state index in [1.54, 1.807) is 0 Å². The highest BCUT2D eigenvalue weighted by Crippen LogP contribution is 2.13. The van der Waals surface area contributed by atoms with Gasteiger partial charge < -0.3 is 14.6 Å². The van der Waals surface area contributed by atoms with Crippen LogP contribution < -0.4 is 0 Å². The van der Waals surface area contributed by atoms with Crippen LogP contribution in [0.1, 0.15) is 31.4 Å². The summed E-state index contributed by atoms with van der Waals surface area (Å²) < 4.78 is 0. The van der Waals surface area contributed by atoms with Gasteiger partial charge in [-0.1, -0.05) is 43.3 Å². The van der Waals surface area contributed by atoms with Crippen LogP contribution in [0, 0.1) is 5.41 Å². The normalized spacial score (nSPS) is 13.9. The van der Waals surface area contributed by atoms with Crippen molar-refractivity contribution < 1.29 is 4.84 Å². The molecular weight excluding hydrogens is 276 g/mol. The smallest absolute Gasteiger partial charge is 0.127 e. The maximum Gasteiger partial charge on any atom is 0.127 e. The number of hydrogen-bond acceptors (Lipinski definition) is 4. The Morgan fingerprint density at radius 2 is 1.86 bits per heavy atom. The molecule has 0 unspecified atom stereocenters. The van der Waals surface area contributed by atoms with Crippen molar-refractivity contribution in [3.63, 3.8) is 0 Å². The van der Waals surface area contributed by atoms with Gasteiger partial charge in [0.1, 0.15) is 12.4 Å². The first kappa shape index (κ1) is 16.5. The van der Waals surface area contributed by atoms with E-state index in [2.05, 4.69) is 23.9 Å². The third-order valence-electron chi connectivity index (χ3n) is 4.12. The third-order valence-corrected chi connectivity index (χ3v) is 4.12. The predicted octanol–water partition coefficient (Wildman–Crippen LogP) is 2.41. The van der Waals surface area contributed by atoms with Crippen molar-refractivity contribution in [2.24, 2.45) is 5.16 Å². The van der Waals surface area contributed by atoms with Crippen LogP contribution in [-0.2, 0) is 4.84 Å². The van der Waals surface area contributed by atoms with Crippen LogP contribution in [0.3, 0.4) is 0 Å². The molecule has 1 aliphatic heterocycles. The summed E-state index contributed by atoms with van der Waals surface area (Å²) in [7, 11) is 1.98. The Kier molecular flexibility index (Phi) is 5.95. The number of nitrogens with one attached hydrogen (secondary N) is 1. The van der Waals surface area contributed by atoms with Gasteiger partial charge in [-0.2, -0.15) is 0 Å². The van der Waals surface area contributed by atoms with Crippen LogP contribution in [0.15, 0.2) is 29.4 Å². The second-order valence-corrected chi connectivity index (χ2v) is 5.50.